The van der Waals surface area contributed by atoms with Gasteiger partial charge in [0.2, 0.25) is 0 Å². The summed E-state index contributed by atoms with van der Waals surface area (Å²) in [5.74, 6) is 3.64. The first-order valence-electron chi connectivity index (χ1n) is 6.18. The van der Waals surface area contributed by atoms with E-state index >= 15 is 0 Å². The number of hydrogen-bond acceptors (Lipinski definition) is 2. The van der Waals surface area contributed by atoms with Gasteiger partial charge in [-0.1, -0.05) is 12.8 Å². The van der Waals surface area contributed by atoms with E-state index in [4.69, 9.17) is 6.42 Å². The summed E-state index contributed by atoms with van der Waals surface area (Å²) in [6.07, 6.45) is 9.35. The minimum atomic E-state index is 0.284. The van der Waals surface area contributed by atoms with Gasteiger partial charge >= 0.3 is 0 Å². The molecule has 0 aromatic heterocycles. The summed E-state index contributed by atoms with van der Waals surface area (Å²) in [6.45, 7) is 8.99. The van der Waals surface area contributed by atoms with Crippen molar-refractivity contribution in [2.24, 2.45) is 5.92 Å². The molecule has 0 aliphatic carbocycles. The number of piperidine rings is 1. The molecular weight excluding hydrogens is 184 g/mol. The summed E-state index contributed by atoms with van der Waals surface area (Å²) in [4.78, 5) is 2.44. The van der Waals surface area contributed by atoms with Crippen LogP contribution in [-0.2, 0) is 0 Å². The first-order valence-corrected chi connectivity index (χ1v) is 6.18. The highest BCUT2D eigenvalue weighted by Crippen LogP contribution is 2.13. The van der Waals surface area contributed by atoms with Gasteiger partial charge in [-0.15, -0.1) is 6.42 Å². The van der Waals surface area contributed by atoms with Crippen molar-refractivity contribution in [1.29, 1.82) is 0 Å². The quantitative estimate of drug-likeness (QED) is 0.692. The van der Waals surface area contributed by atoms with E-state index in [9.17, 15) is 0 Å². The molecule has 2 heteroatoms. The number of terminal acetylenes is 1. The van der Waals surface area contributed by atoms with Crippen LogP contribution in [0.2, 0.25) is 0 Å². The highest BCUT2D eigenvalue weighted by atomic mass is 15.1. The Labute approximate surface area is 94.4 Å². The molecule has 2 atom stereocenters. The van der Waals surface area contributed by atoms with Gasteiger partial charge in [-0.05, 0) is 51.7 Å². The third-order valence-corrected chi connectivity index (χ3v) is 3.19. The van der Waals surface area contributed by atoms with Crippen LogP contribution >= 0.6 is 0 Å². The van der Waals surface area contributed by atoms with Crippen molar-refractivity contribution in [1.82, 2.24) is 10.2 Å². The van der Waals surface area contributed by atoms with Crippen LogP contribution < -0.4 is 5.32 Å². The predicted octanol–water partition coefficient (Wildman–Crippen LogP) is 1.72. The fourth-order valence-corrected chi connectivity index (χ4v) is 2.25. The SMILES string of the molecule is C#CC(C)N(CCC)CC1CCCNC1. The van der Waals surface area contributed by atoms with E-state index in [-0.39, 0.29) is 6.04 Å². The topological polar surface area (TPSA) is 15.3 Å². The van der Waals surface area contributed by atoms with Crippen LogP contribution in [0.25, 0.3) is 0 Å². The van der Waals surface area contributed by atoms with Crippen LogP contribution in [0.3, 0.4) is 0 Å². The molecule has 0 saturated carbocycles. The van der Waals surface area contributed by atoms with Crippen LogP contribution in [-0.4, -0.2) is 37.1 Å². The van der Waals surface area contributed by atoms with E-state index in [0.717, 1.165) is 25.6 Å². The fourth-order valence-electron chi connectivity index (χ4n) is 2.25. The summed E-state index contributed by atoms with van der Waals surface area (Å²) in [6, 6.07) is 0.284. The summed E-state index contributed by atoms with van der Waals surface area (Å²) in [5.41, 5.74) is 0. The highest BCUT2D eigenvalue weighted by Gasteiger charge is 2.18. The zero-order valence-electron chi connectivity index (χ0n) is 10.1. The maximum atomic E-state index is 5.50. The van der Waals surface area contributed by atoms with Crippen LogP contribution in [0.5, 0.6) is 0 Å². The summed E-state index contributed by atoms with van der Waals surface area (Å²) < 4.78 is 0. The molecule has 0 aromatic carbocycles. The zero-order chi connectivity index (χ0) is 11.1. The van der Waals surface area contributed by atoms with Crippen molar-refractivity contribution in [3.63, 3.8) is 0 Å². The molecule has 1 saturated heterocycles. The molecule has 1 heterocycles. The van der Waals surface area contributed by atoms with Crippen molar-refractivity contribution in [3.05, 3.63) is 0 Å². The normalized spacial score (nSPS) is 23.7. The molecule has 1 fully saturated rings. The van der Waals surface area contributed by atoms with Crippen molar-refractivity contribution in [3.8, 4) is 12.3 Å². The van der Waals surface area contributed by atoms with Gasteiger partial charge in [0.15, 0.2) is 0 Å². The number of nitrogens with zero attached hydrogens (tertiary/aromatic N) is 1. The Kier molecular flexibility index (Phi) is 5.75. The lowest BCUT2D eigenvalue weighted by molar-refractivity contribution is 0.189. The van der Waals surface area contributed by atoms with Crippen molar-refractivity contribution in [2.75, 3.05) is 26.2 Å². The van der Waals surface area contributed by atoms with E-state index in [1.807, 2.05) is 0 Å². The lowest BCUT2D eigenvalue weighted by Crippen LogP contribution is -2.41. The van der Waals surface area contributed by atoms with Crippen LogP contribution in [0, 0.1) is 18.3 Å². The third kappa shape index (κ3) is 4.24. The second kappa shape index (κ2) is 6.87. The van der Waals surface area contributed by atoms with E-state index in [1.165, 1.54) is 25.8 Å². The summed E-state index contributed by atoms with van der Waals surface area (Å²) in [5, 5.41) is 3.46. The summed E-state index contributed by atoms with van der Waals surface area (Å²) in [7, 11) is 0. The average Bonchev–Trinajstić information content (AvgIpc) is 2.29. The van der Waals surface area contributed by atoms with Gasteiger partial charge in [-0.3, -0.25) is 4.90 Å². The molecule has 1 rings (SSSR count). The van der Waals surface area contributed by atoms with E-state index < -0.39 is 0 Å². The maximum absolute atomic E-state index is 5.50. The third-order valence-electron chi connectivity index (χ3n) is 3.19. The van der Waals surface area contributed by atoms with Crippen LogP contribution in [0.15, 0.2) is 0 Å². The Bertz CT molecular complexity index is 201. The minimum absolute atomic E-state index is 0.284. The average molecular weight is 208 g/mol. The number of nitrogens with one attached hydrogen (secondary N) is 1. The standard InChI is InChI=1S/C13H24N2/c1-4-9-15(12(3)5-2)11-13-7-6-8-14-10-13/h2,12-14H,4,6-11H2,1,3H3. The Morgan fingerprint density at radius 1 is 1.60 bits per heavy atom. The first kappa shape index (κ1) is 12.5. The number of hydrogen-bond donors (Lipinski definition) is 1. The number of rotatable bonds is 5. The molecule has 2 unspecified atom stereocenters. The molecular formula is C13H24N2. The second-order valence-electron chi connectivity index (χ2n) is 4.55. The molecule has 2 nitrogen and oxygen atoms in total. The predicted molar refractivity (Wildman–Crippen MR) is 65.8 cm³/mol. The Morgan fingerprint density at radius 2 is 2.40 bits per heavy atom. The van der Waals surface area contributed by atoms with Crippen molar-refractivity contribution < 1.29 is 0 Å². The van der Waals surface area contributed by atoms with Gasteiger partial charge in [0, 0.05) is 6.54 Å². The molecule has 0 bridgehead atoms. The maximum Gasteiger partial charge on any atom is 0.0683 e. The molecule has 1 N–H and O–H groups in total. The summed E-state index contributed by atoms with van der Waals surface area (Å²) >= 11 is 0. The Balaban J connectivity index is 2.38. The smallest absolute Gasteiger partial charge is 0.0683 e. The van der Waals surface area contributed by atoms with Crippen molar-refractivity contribution in [2.45, 2.75) is 39.2 Å². The molecule has 0 radical (unpaired) electrons. The molecule has 15 heavy (non-hydrogen) atoms. The first-order chi connectivity index (χ1) is 7.27. The van der Waals surface area contributed by atoms with Crippen LogP contribution in [0.1, 0.15) is 33.1 Å². The van der Waals surface area contributed by atoms with Gasteiger partial charge in [0.05, 0.1) is 6.04 Å². The van der Waals surface area contributed by atoms with Gasteiger partial charge in [-0.2, -0.15) is 0 Å². The zero-order valence-corrected chi connectivity index (χ0v) is 10.1. The lowest BCUT2D eigenvalue weighted by Gasteiger charge is -2.31. The van der Waals surface area contributed by atoms with E-state index in [0.29, 0.717) is 0 Å². The van der Waals surface area contributed by atoms with Gasteiger partial charge in [-0.25, -0.2) is 0 Å². The second-order valence-corrected chi connectivity index (χ2v) is 4.55. The Hall–Kier alpha value is -0.520. The Morgan fingerprint density at radius 3 is 2.93 bits per heavy atom. The fraction of sp³-hybridized carbons (Fsp3) is 0.846. The van der Waals surface area contributed by atoms with Gasteiger partial charge in [0.1, 0.15) is 0 Å². The van der Waals surface area contributed by atoms with Crippen LogP contribution in [0.4, 0.5) is 0 Å². The molecule has 0 spiro atoms. The largest absolute Gasteiger partial charge is 0.316 e. The minimum Gasteiger partial charge on any atom is -0.316 e. The monoisotopic (exact) mass is 208 g/mol. The lowest BCUT2D eigenvalue weighted by atomic mass is 9.98. The van der Waals surface area contributed by atoms with Gasteiger partial charge < -0.3 is 5.32 Å². The molecule has 0 amide bonds. The molecule has 1 aliphatic rings. The highest BCUT2D eigenvalue weighted by molar-refractivity contribution is 4.97. The van der Waals surface area contributed by atoms with E-state index in [1.54, 1.807) is 0 Å². The van der Waals surface area contributed by atoms with Gasteiger partial charge in [0.25, 0.3) is 0 Å². The van der Waals surface area contributed by atoms with E-state index in [2.05, 4.69) is 30.0 Å². The molecule has 0 aromatic rings. The molecule has 1 aliphatic heterocycles. The molecule has 86 valence electrons. The van der Waals surface area contributed by atoms with Crippen molar-refractivity contribution >= 4 is 0 Å².